The van der Waals surface area contributed by atoms with Gasteiger partial charge in [-0.15, -0.1) is 0 Å². The summed E-state index contributed by atoms with van der Waals surface area (Å²) in [7, 11) is -3.10. The normalized spacial score (nSPS) is 24.4. The Bertz CT molecular complexity index is 462. The van der Waals surface area contributed by atoms with Crippen molar-refractivity contribution in [2.24, 2.45) is 5.92 Å². The Labute approximate surface area is 119 Å². The number of nitrogens with one attached hydrogen (secondary N) is 2. The molecule has 1 aliphatic heterocycles. The van der Waals surface area contributed by atoms with Crippen molar-refractivity contribution in [2.75, 3.05) is 11.5 Å². The Balaban J connectivity index is 2.56. The number of sulfone groups is 1. The second-order valence-corrected chi connectivity index (χ2v) is 7.50. The predicted octanol–water partition coefficient (Wildman–Crippen LogP) is 0.362. The number of amides is 2. The van der Waals surface area contributed by atoms with Crippen molar-refractivity contribution in [3.8, 4) is 0 Å². The van der Waals surface area contributed by atoms with E-state index in [0.29, 0.717) is 19.3 Å². The lowest BCUT2D eigenvalue weighted by molar-refractivity contribution is -0.140. The van der Waals surface area contributed by atoms with E-state index in [4.69, 9.17) is 5.11 Å². The molecule has 0 aromatic rings. The molecule has 0 radical (unpaired) electrons. The Morgan fingerprint density at radius 2 is 2.05 bits per heavy atom. The van der Waals surface area contributed by atoms with E-state index in [2.05, 4.69) is 10.6 Å². The fourth-order valence-electron chi connectivity index (χ4n) is 2.19. The number of urea groups is 1. The Morgan fingerprint density at radius 3 is 2.55 bits per heavy atom. The molecule has 0 aromatic carbocycles. The van der Waals surface area contributed by atoms with Crippen molar-refractivity contribution >= 4 is 21.8 Å². The zero-order valence-electron chi connectivity index (χ0n) is 11.8. The number of hydrogen-bond acceptors (Lipinski definition) is 4. The highest BCUT2D eigenvalue weighted by Gasteiger charge is 2.29. The van der Waals surface area contributed by atoms with Crippen molar-refractivity contribution < 1.29 is 23.1 Å². The molecule has 0 aromatic heterocycles. The summed E-state index contributed by atoms with van der Waals surface area (Å²) in [4.78, 5) is 22.9. The van der Waals surface area contributed by atoms with Gasteiger partial charge >= 0.3 is 12.0 Å². The smallest absolute Gasteiger partial charge is 0.326 e. The molecule has 3 N–H and O–H groups in total. The van der Waals surface area contributed by atoms with E-state index in [9.17, 15) is 18.0 Å². The van der Waals surface area contributed by atoms with Gasteiger partial charge in [0.05, 0.1) is 11.5 Å². The van der Waals surface area contributed by atoms with E-state index >= 15 is 0 Å². The molecule has 1 heterocycles. The fraction of sp³-hybridized carbons (Fsp3) is 0.833. The zero-order valence-corrected chi connectivity index (χ0v) is 12.6. The molecule has 0 aliphatic carbocycles. The van der Waals surface area contributed by atoms with Crippen molar-refractivity contribution in [1.29, 1.82) is 0 Å². The highest BCUT2D eigenvalue weighted by atomic mass is 32.2. The average molecular weight is 306 g/mol. The maximum atomic E-state index is 11.8. The van der Waals surface area contributed by atoms with Crippen LogP contribution in [0.1, 0.15) is 33.1 Å². The second-order valence-electron chi connectivity index (χ2n) is 5.27. The number of rotatable bonds is 5. The lowest BCUT2D eigenvalue weighted by atomic mass is 9.99. The fourth-order valence-corrected chi connectivity index (χ4v) is 3.82. The molecule has 2 amide bonds. The maximum absolute atomic E-state index is 11.8. The molecule has 1 saturated heterocycles. The molecule has 1 rings (SSSR count). The van der Waals surface area contributed by atoms with Crippen LogP contribution in [0.15, 0.2) is 0 Å². The first kappa shape index (κ1) is 16.7. The highest BCUT2D eigenvalue weighted by Crippen LogP contribution is 2.12. The summed E-state index contributed by atoms with van der Waals surface area (Å²) in [6, 6.07) is -2.04. The van der Waals surface area contributed by atoms with Gasteiger partial charge in [-0.3, -0.25) is 0 Å². The lowest BCUT2D eigenvalue weighted by Gasteiger charge is -2.25. The minimum absolute atomic E-state index is 0.0819. The third-order valence-corrected chi connectivity index (χ3v) is 5.38. The Hall–Kier alpha value is -1.31. The predicted molar refractivity (Wildman–Crippen MR) is 74.2 cm³/mol. The molecule has 1 fully saturated rings. The minimum Gasteiger partial charge on any atom is -0.480 e. The molecule has 3 atom stereocenters. The van der Waals surface area contributed by atoms with Gasteiger partial charge in [-0.2, -0.15) is 0 Å². The summed E-state index contributed by atoms with van der Waals surface area (Å²) in [5.74, 6) is -1.22. The number of hydrogen-bond donors (Lipinski definition) is 3. The molecule has 8 heteroatoms. The number of aliphatic carboxylic acids is 1. The molecule has 1 aliphatic rings. The van der Waals surface area contributed by atoms with Gasteiger partial charge in [-0.1, -0.05) is 20.3 Å². The van der Waals surface area contributed by atoms with Gasteiger partial charge in [-0.05, 0) is 18.8 Å². The van der Waals surface area contributed by atoms with Crippen molar-refractivity contribution in [3.63, 3.8) is 0 Å². The lowest BCUT2D eigenvalue weighted by Crippen LogP contribution is -2.53. The zero-order chi connectivity index (χ0) is 15.3. The monoisotopic (exact) mass is 306 g/mol. The Kier molecular flexibility index (Phi) is 5.79. The molecule has 0 spiro atoms. The van der Waals surface area contributed by atoms with Crippen LogP contribution >= 0.6 is 0 Å². The number of carbonyl (C=O) groups is 2. The van der Waals surface area contributed by atoms with Crippen LogP contribution < -0.4 is 10.6 Å². The van der Waals surface area contributed by atoms with E-state index in [1.165, 1.54) is 0 Å². The molecule has 0 saturated carbocycles. The van der Waals surface area contributed by atoms with Crippen LogP contribution in [0.25, 0.3) is 0 Å². The highest BCUT2D eigenvalue weighted by molar-refractivity contribution is 7.91. The maximum Gasteiger partial charge on any atom is 0.326 e. The van der Waals surface area contributed by atoms with E-state index in [0.717, 1.165) is 0 Å². The van der Waals surface area contributed by atoms with Crippen LogP contribution in [0, 0.1) is 5.92 Å². The van der Waals surface area contributed by atoms with Crippen LogP contribution in [-0.2, 0) is 14.6 Å². The van der Waals surface area contributed by atoms with Crippen LogP contribution in [0.4, 0.5) is 4.79 Å². The summed E-state index contributed by atoms with van der Waals surface area (Å²) in [5.41, 5.74) is 0. The number of carboxylic acids is 1. The van der Waals surface area contributed by atoms with Gasteiger partial charge in [0.2, 0.25) is 0 Å². The van der Waals surface area contributed by atoms with Gasteiger partial charge in [-0.25, -0.2) is 18.0 Å². The summed E-state index contributed by atoms with van der Waals surface area (Å²) in [6.45, 7) is 3.58. The van der Waals surface area contributed by atoms with E-state index in [1.807, 2.05) is 6.92 Å². The third kappa shape index (κ3) is 4.99. The molecular formula is C12H22N2O5S. The van der Waals surface area contributed by atoms with Crippen LogP contribution in [0.2, 0.25) is 0 Å². The van der Waals surface area contributed by atoms with Crippen LogP contribution in [-0.4, -0.2) is 49.1 Å². The average Bonchev–Trinajstić information content (AvgIpc) is 2.33. The SMILES string of the molecule is CCC(C)C(NC(=O)NC1CCCS(=O)(=O)C1)C(=O)O. The summed E-state index contributed by atoms with van der Waals surface area (Å²) in [5, 5.41) is 14.0. The van der Waals surface area contributed by atoms with Crippen molar-refractivity contribution in [3.05, 3.63) is 0 Å². The molecule has 3 unspecified atom stereocenters. The summed E-state index contributed by atoms with van der Waals surface area (Å²) in [6.07, 6.45) is 1.73. The summed E-state index contributed by atoms with van der Waals surface area (Å²) >= 11 is 0. The van der Waals surface area contributed by atoms with Gasteiger partial charge in [0.15, 0.2) is 9.84 Å². The molecule has 7 nitrogen and oxygen atoms in total. The first-order valence-corrected chi connectivity index (χ1v) is 8.57. The standard InChI is InChI=1S/C12H22N2O5S/c1-3-8(2)10(11(15)16)14-12(17)13-9-5-4-6-20(18,19)7-9/h8-10H,3-7H2,1-2H3,(H,15,16)(H2,13,14,17). The van der Waals surface area contributed by atoms with Gasteiger partial charge < -0.3 is 15.7 Å². The van der Waals surface area contributed by atoms with E-state index < -0.39 is 33.9 Å². The molecule has 116 valence electrons. The summed E-state index contributed by atoms with van der Waals surface area (Å²) < 4.78 is 22.9. The van der Waals surface area contributed by atoms with Gasteiger partial charge in [0, 0.05) is 6.04 Å². The van der Waals surface area contributed by atoms with Crippen molar-refractivity contribution in [2.45, 2.75) is 45.2 Å². The second kappa shape index (κ2) is 6.92. The minimum atomic E-state index is -3.10. The molecular weight excluding hydrogens is 284 g/mol. The van der Waals surface area contributed by atoms with Crippen LogP contribution in [0.5, 0.6) is 0 Å². The third-order valence-electron chi connectivity index (χ3n) is 3.56. The first-order valence-electron chi connectivity index (χ1n) is 6.75. The van der Waals surface area contributed by atoms with Gasteiger partial charge in [0.1, 0.15) is 6.04 Å². The first-order chi connectivity index (χ1) is 9.25. The van der Waals surface area contributed by atoms with Crippen LogP contribution in [0.3, 0.4) is 0 Å². The topological polar surface area (TPSA) is 113 Å². The van der Waals surface area contributed by atoms with Crippen molar-refractivity contribution in [1.82, 2.24) is 10.6 Å². The molecule has 0 bridgehead atoms. The number of carboxylic acid groups (broad SMARTS) is 1. The van der Waals surface area contributed by atoms with E-state index in [-0.39, 0.29) is 17.4 Å². The number of carbonyl (C=O) groups excluding carboxylic acids is 1. The van der Waals surface area contributed by atoms with E-state index in [1.54, 1.807) is 6.92 Å². The largest absolute Gasteiger partial charge is 0.480 e. The molecule has 20 heavy (non-hydrogen) atoms. The van der Waals surface area contributed by atoms with Gasteiger partial charge in [0.25, 0.3) is 0 Å². The Morgan fingerprint density at radius 1 is 1.40 bits per heavy atom. The quantitative estimate of drug-likeness (QED) is 0.679.